The molecule has 0 spiro atoms. The van der Waals surface area contributed by atoms with E-state index in [0.29, 0.717) is 23.6 Å². The first-order valence-corrected chi connectivity index (χ1v) is 6.62. The molecule has 5 nitrogen and oxygen atoms in total. The molecule has 1 atom stereocenters. The highest BCUT2D eigenvalue weighted by Crippen LogP contribution is 2.25. The molecule has 1 unspecified atom stereocenters. The fraction of sp³-hybridized carbons (Fsp3) is 0.533. The summed E-state index contributed by atoms with van der Waals surface area (Å²) in [4.78, 5) is 12.5. The first-order valence-electron chi connectivity index (χ1n) is 6.62. The Morgan fingerprint density at radius 3 is 2.38 bits per heavy atom. The lowest BCUT2D eigenvalue weighted by Crippen LogP contribution is -2.55. The Kier molecular flexibility index (Phi) is 7.53. The highest BCUT2D eigenvalue weighted by Gasteiger charge is 2.30. The van der Waals surface area contributed by atoms with Crippen LogP contribution in [0.4, 0.5) is 0 Å². The van der Waals surface area contributed by atoms with Crippen molar-refractivity contribution >= 4 is 18.3 Å². The maximum Gasteiger partial charge on any atom is 0.255 e. The van der Waals surface area contributed by atoms with Gasteiger partial charge < -0.3 is 20.5 Å². The van der Waals surface area contributed by atoms with Crippen molar-refractivity contribution < 1.29 is 14.3 Å². The fourth-order valence-corrected chi connectivity index (χ4v) is 1.75. The average Bonchev–Trinajstić information content (AvgIpc) is 2.45. The van der Waals surface area contributed by atoms with Crippen LogP contribution in [0, 0.1) is 5.92 Å². The van der Waals surface area contributed by atoms with Gasteiger partial charge in [0.2, 0.25) is 0 Å². The zero-order chi connectivity index (χ0) is 15.3. The largest absolute Gasteiger partial charge is 0.497 e. The Hall–Kier alpha value is -1.46. The second-order valence-corrected chi connectivity index (χ2v) is 5.30. The third kappa shape index (κ3) is 4.51. The molecule has 0 radical (unpaired) electrons. The number of hydrogen-bond donors (Lipinski definition) is 2. The second kappa shape index (κ2) is 8.10. The van der Waals surface area contributed by atoms with Gasteiger partial charge in [0, 0.05) is 6.54 Å². The Morgan fingerprint density at radius 1 is 1.33 bits per heavy atom. The number of benzene rings is 1. The lowest BCUT2D eigenvalue weighted by atomic mass is 9.88. The second-order valence-electron chi connectivity index (χ2n) is 5.30. The molecule has 21 heavy (non-hydrogen) atoms. The first kappa shape index (κ1) is 19.5. The van der Waals surface area contributed by atoms with Crippen LogP contribution in [0.2, 0.25) is 0 Å². The molecule has 6 heteroatoms. The molecule has 3 N–H and O–H groups in total. The summed E-state index contributed by atoms with van der Waals surface area (Å²) >= 11 is 0. The number of carbonyl (C=O) groups is 1. The molecule has 0 saturated carbocycles. The maximum absolute atomic E-state index is 12.5. The number of amides is 1. The van der Waals surface area contributed by atoms with Gasteiger partial charge in [0.05, 0.1) is 25.3 Å². The molecular formula is C15H25ClN2O3. The molecule has 0 heterocycles. The fourth-order valence-electron chi connectivity index (χ4n) is 1.75. The summed E-state index contributed by atoms with van der Waals surface area (Å²) < 4.78 is 10.4. The third-order valence-corrected chi connectivity index (χ3v) is 3.75. The number of nitrogens with two attached hydrogens (primary N) is 1. The monoisotopic (exact) mass is 316 g/mol. The summed E-state index contributed by atoms with van der Waals surface area (Å²) in [6.45, 7) is 6.34. The topological polar surface area (TPSA) is 73.6 Å². The summed E-state index contributed by atoms with van der Waals surface area (Å²) in [5.41, 5.74) is 5.76. The van der Waals surface area contributed by atoms with E-state index in [1.807, 2.05) is 20.8 Å². The highest BCUT2D eigenvalue weighted by molar-refractivity contribution is 5.97. The standard InChI is InChI=1S/C15H24N2O3.ClH/c1-10(2)15(3,9-16)17-14(18)12-8-11(19-4)6-7-13(12)20-5;/h6-8,10H,9,16H2,1-5H3,(H,17,18);1H. The summed E-state index contributed by atoms with van der Waals surface area (Å²) in [6, 6.07) is 5.12. The van der Waals surface area contributed by atoms with Crippen LogP contribution in [0.5, 0.6) is 11.5 Å². The summed E-state index contributed by atoms with van der Waals surface area (Å²) in [5, 5.41) is 2.99. The molecule has 0 saturated heterocycles. The zero-order valence-electron chi connectivity index (χ0n) is 13.2. The van der Waals surface area contributed by atoms with Crippen molar-refractivity contribution in [3.63, 3.8) is 0 Å². The molecule has 1 rings (SSSR count). The minimum atomic E-state index is -0.467. The van der Waals surface area contributed by atoms with Gasteiger partial charge in [-0.3, -0.25) is 4.79 Å². The van der Waals surface area contributed by atoms with Crippen LogP contribution in [0.15, 0.2) is 18.2 Å². The van der Waals surface area contributed by atoms with Gasteiger partial charge in [0.25, 0.3) is 5.91 Å². The molecule has 1 aromatic carbocycles. The Bertz CT molecular complexity index is 480. The molecule has 0 aromatic heterocycles. The van der Waals surface area contributed by atoms with Gasteiger partial charge in [0.1, 0.15) is 11.5 Å². The number of hydrogen-bond acceptors (Lipinski definition) is 4. The minimum absolute atomic E-state index is 0. The SMILES string of the molecule is COc1ccc(OC)c(C(=O)NC(C)(CN)C(C)C)c1.Cl. The molecular weight excluding hydrogens is 292 g/mol. The van der Waals surface area contributed by atoms with Crippen molar-refractivity contribution in [1.29, 1.82) is 0 Å². The molecule has 0 bridgehead atoms. The van der Waals surface area contributed by atoms with Crippen molar-refractivity contribution in [3.8, 4) is 11.5 Å². The van der Waals surface area contributed by atoms with Crippen molar-refractivity contribution in [2.45, 2.75) is 26.3 Å². The van der Waals surface area contributed by atoms with Crippen LogP contribution in [0.25, 0.3) is 0 Å². The summed E-state index contributed by atoms with van der Waals surface area (Å²) in [5.74, 6) is 1.11. The average molecular weight is 317 g/mol. The van der Waals surface area contributed by atoms with Crippen molar-refractivity contribution in [1.82, 2.24) is 5.32 Å². The molecule has 1 amide bonds. The van der Waals surface area contributed by atoms with Gasteiger partial charge >= 0.3 is 0 Å². The molecule has 0 aliphatic heterocycles. The van der Waals surface area contributed by atoms with Crippen LogP contribution >= 0.6 is 12.4 Å². The van der Waals surface area contributed by atoms with Crippen molar-refractivity contribution in [2.24, 2.45) is 11.7 Å². The number of ether oxygens (including phenoxy) is 2. The van der Waals surface area contributed by atoms with E-state index in [0.717, 1.165) is 0 Å². The van der Waals surface area contributed by atoms with Gasteiger partial charge in [-0.25, -0.2) is 0 Å². The molecule has 0 aliphatic rings. The number of carbonyl (C=O) groups excluding carboxylic acids is 1. The summed E-state index contributed by atoms with van der Waals surface area (Å²) in [6.07, 6.45) is 0. The van der Waals surface area contributed by atoms with E-state index in [1.54, 1.807) is 25.3 Å². The van der Waals surface area contributed by atoms with E-state index in [1.165, 1.54) is 7.11 Å². The predicted molar refractivity (Wildman–Crippen MR) is 86.6 cm³/mol. The number of halogens is 1. The van der Waals surface area contributed by atoms with E-state index in [9.17, 15) is 4.79 Å². The molecule has 1 aromatic rings. The number of methoxy groups -OCH3 is 2. The van der Waals surface area contributed by atoms with E-state index in [-0.39, 0.29) is 24.2 Å². The minimum Gasteiger partial charge on any atom is -0.497 e. The van der Waals surface area contributed by atoms with Crippen LogP contribution in [0.1, 0.15) is 31.1 Å². The smallest absolute Gasteiger partial charge is 0.255 e. The van der Waals surface area contributed by atoms with Gasteiger partial charge in [-0.05, 0) is 31.0 Å². The van der Waals surface area contributed by atoms with E-state index >= 15 is 0 Å². The lowest BCUT2D eigenvalue weighted by molar-refractivity contribution is 0.0879. The summed E-state index contributed by atoms with van der Waals surface area (Å²) in [7, 11) is 3.09. The molecule has 0 fully saturated rings. The Morgan fingerprint density at radius 2 is 1.95 bits per heavy atom. The maximum atomic E-state index is 12.5. The van der Waals surface area contributed by atoms with Crippen LogP contribution < -0.4 is 20.5 Å². The predicted octanol–water partition coefficient (Wildman–Crippen LogP) is 2.23. The van der Waals surface area contributed by atoms with Gasteiger partial charge in [-0.15, -0.1) is 12.4 Å². The van der Waals surface area contributed by atoms with Crippen LogP contribution in [0.3, 0.4) is 0 Å². The van der Waals surface area contributed by atoms with Gasteiger partial charge in [0.15, 0.2) is 0 Å². The number of nitrogens with one attached hydrogen (secondary N) is 1. The Balaban J connectivity index is 0.00000400. The van der Waals surface area contributed by atoms with E-state index < -0.39 is 5.54 Å². The van der Waals surface area contributed by atoms with Crippen molar-refractivity contribution in [2.75, 3.05) is 20.8 Å². The van der Waals surface area contributed by atoms with Crippen LogP contribution in [-0.4, -0.2) is 32.2 Å². The van der Waals surface area contributed by atoms with Gasteiger partial charge in [-0.2, -0.15) is 0 Å². The first-order chi connectivity index (χ1) is 9.37. The molecule has 0 aliphatic carbocycles. The number of rotatable bonds is 6. The normalized spacial score (nSPS) is 13.1. The van der Waals surface area contributed by atoms with E-state index in [4.69, 9.17) is 15.2 Å². The third-order valence-electron chi connectivity index (χ3n) is 3.75. The zero-order valence-corrected chi connectivity index (χ0v) is 14.0. The highest BCUT2D eigenvalue weighted by atomic mass is 35.5. The lowest BCUT2D eigenvalue weighted by Gasteiger charge is -2.33. The Labute approximate surface area is 132 Å². The molecule has 120 valence electrons. The van der Waals surface area contributed by atoms with Crippen molar-refractivity contribution in [3.05, 3.63) is 23.8 Å². The van der Waals surface area contributed by atoms with Crippen LogP contribution in [-0.2, 0) is 0 Å². The van der Waals surface area contributed by atoms with E-state index in [2.05, 4.69) is 5.32 Å². The quantitative estimate of drug-likeness (QED) is 0.844. The van der Waals surface area contributed by atoms with Gasteiger partial charge in [-0.1, -0.05) is 13.8 Å².